The van der Waals surface area contributed by atoms with Crippen LogP contribution in [0.1, 0.15) is 32.7 Å². The van der Waals surface area contributed by atoms with Gasteiger partial charge in [0, 0.05) is 49.1 Å². The number of nitrogens with zero attached hydrogens (tertiary/aromatic N) is 3. The van der Waals surface area contributed by atoms with E-state index in [9.17, 15) is 9.59 Å². The Morgan fingerprint density at radius 3 is 2.53 bits per heavy atom. The van der Waals surface area contributed by atoms with Gasteiger partial charge in [0.1, 0.15) is 0 Å². The highest BCUT2D eigenvalue weighted by molar-refractivity contribution is 7.98. The van der Waals surface area contributed by atoms with Gasteiger partial charge in [-0.15, -0.1) is 0 Å². The monoisotopic (exact) mass is 449 g/mol. The minimum Gasteiger partial charge on any atom is -0.378 e. The predicted molar refractivity (Wildman–Crippen MR) is 126 cm³/mol. The van der Waals surface area contributed by atoms with Crippen molar-refractivity contribution in [2.75, 3.05) is 26.3 Å². The number of ether oxygens (including phenoxy) is 1. The molecule has 0 atom stereocenters. The van der Waals surface area contributed by atoms with Crippen molar-refractivity contribution >= 4 is 17.7 Å². The van der Waals surface area contributed by atoms with Gasteiger partial charge in [-0.1, -0.05) is 54.2 Å². The van der Waals surface area contributed by atoms with Gasteiger partial charge >= 0.3 is 0 Å². The van der Waals surface area contributed by atoms with Crippen LogP contribution < -0.4 is 5.56 Å². The molecule has 1 aromatic heterocycles. The number of aryl methyl sites for hydroxylation is 1. The molecular weight excluding hydrogens is 422 g/mol. The molecule has 1 saturated heterocycles. The number of amides is 1. The van der Waals surface area contributed by atoms with E-state index in [1.54, 1.807) is 11.6 Å². The lowest BCUT2D eigenvalue weighted by Crippen LogP contribution is -2.40. The third-order valence-electron chi connectivity index (χ3n) is 5.61. The molecule has 2 aromatic carbocycles. The van der Waals surface area contributed by atoms with Gasteiger partial charge < -0.3 is 9.64 Å². The highest BCUT2D eigenvalue weighted by atomic mass is 32.2. The van der Waals surface area contributed by atoms with E-state index in [0.29, 0.717) is 49.2 Å². The summed E-state index contributed by atoms with van der Waals surface area (Å²) in [6.45, 7) is 4.31. The first-order chi connectivity index (χ1) is 15.5. The number of hydrogen-bond donors (Lipinski definition) is 0. The number of thioether (sulfide) groups is 1. The summed E-state index contributed by atoms with van der Waals surface area (Å²) in [4.78, 5) is 32.3. The third kappa shape index (κ3) is 5.11. The van der Waals surface area contributed by atoms with E-state index in [1.807, 2.05) is 66.4 Å². The summed E-state index contributed by atoms with van der Waals surface area (Å²) >= 11 is 1.51. The number of carbonyl (C=O) groups is 1. The average Bonchev–Trinajstić information content (AvgIpc) is 2.84. The second-order valence-electron chi connectivity index (χ2n) is 7.88. The number of rotatable bonds is 6. The van der Waals surface area contributed by atoms with Gasteiger partial charge in [0.05, 0.1) is 13.2 Å². The van der Waals surface area contributed by atoms with E-state index in [2.05, 4.69) is 0 Å². The van der Waals surface area contributed by atoms with Gasteiger partial charge in [-0.2, -0.15) is 0 Å². The molecule has 7 heteroatoms. The maximum atomic E-state index is 13.0. The summed E-state index contributed by atoms with van der Waals surface area (Å²) in [5, 5.41) is 0.675. The molecule has 0 unspecified atom stereocenters. The van der Waals surface area contributed by atoms with Gasteiger partial charge in [-0.05, 0) is 30.2 Å². The molecule has 3 aromatic rings. The van der Waals surface area contributed by atoms with E-state index in [1.165, 1.54) is 11.8 Å². The van der Waals surface area contributed by atoms with Crippen molar-refractivity contribution in [2.45, 2.75) is 24.3 Å². The Morgan fingerprint density at radius 2 is 1.78 bits per heavy atom. The second kappa shape index (κ2) is 10.1. The van der Waals surface area contributed by atoms with Crippen LogP contribution in [0.15, 0.2) is 64.5 Å². The normalized spacial score (nSPS) is 13.9. The maximum absolute atomic E-state index is 13.0. The van der Waals surface area contributed by atoms with E-state index in [-0.39, 0.29) is 11.5 Å². The van der Waals surface area contributed by atoms with Crippen LogP contribution in [0.2, 0.25) is 0 Å². The second-order valence-corrected chi connectivity index (χ2v) is 8.82. The first kappa shape index (κ1) is 22.3. The molecule has 1 fully saturated rings. The minimum absolute atomic E-state index is 0.0138. The minimum atomic E-state index is -0.0138. The van der Waals surface area contributed by atoms with E-state index < -0.39 is 0 Å². The lowest BCUT2D eigenvalue weighted by molar-refractivity contribution is 0.0303. The Bertz CT molecular complexity index is 1150. The summed E-state index contributed by atoms with van der Waals surface area (Å²) in [6, 6.07) is 17.6. The Morgan fingerprint density at radius 1 is 1.06 bits per heavy atom. The molecular formula is C25H27N3O3S. The first-order valence-corrected chi connectivity index (χ1v) is 11.7. The van der Waals surface area contributed by atoms with Crippen LogP contribution in [0.3, 0.4) is 0 Å². The molecule has 0 N–H and O–H groups in total. The number of hydrogen-bond acceptors (Lipinski definition) is 5. The highest BCUT2D eigenvalue weighted by Crippen LogP contribution is 2.22. The molecule has 1 aliphatic rings. The summed E-state index contributed by atoms with van der Waals surface area (Å²) < 4.78 is 6.96. The molecule has 32 heavy (non-hydrogen) atoms. The third-order valence-corrected chi connectivity index (χ3v) is 6.71. The van der Waals surface area contributed by atoms with Crippen LogP contribution >= 0.6 is 11.8 Å². The molecule has 1 aliphatic heterocycles. The van der Waals surface area contributed by atoms with Crippen LogP contribution in [0.4, 0.5) is 0 Å². The fourth-order valence-corrected chi connectivity index (χ4v) is 4.71. The smallest absolute Gasteiger partial charge is 0.257 e. The Hall–Kier alpha value is -2.90. The largest absolute Gasteiger partial charge is 0.378 e. The Labute approximate surface area is 192 Å². The van der Waals surface area contributed by atoms with Gasteiger partial charge in [0.15, 0.2) is 5.16 Å². The zero-order valence-corrected chi connectivity index (χ0v) is 19.2. The van der Waals surface area contributed by atoms with Gasteiger partial charge in [-0.3, -0.25) is 14.2 Å². The van der Waals surface area contributed by atoms with Crippen molar-refractivity contribution in [2.24, 2.45) is 7.05 Å². The molecule has 0 bridgehead atoms. The van der Waals surface area contributed by atoms with Crippen molar-refractivity contribution in [3.63, 3.8) is 0 Å². The fraction of sp³-hybridized carbons (Fsp3) is 0.320. The number of morpholine rings is 1. The molecule has 0 aliphatic carbocycles. The van der Waals surface area contributed by atoms with Crippen molar-refractivity contribution in [3.05, 3.63) is 92.9 Å². The van der Waals surface area contributed by atoms with Gasteiger partial charge in [-0.25, -0.2) is 4.98 Å². The summed E-state index contributed by atoms with van der Waals surface area (Å²) in [6.07, 6.45) is 0.572. The molecule has 6 nitrogen and oxygen atoms in total. The van der Waals surface area contributed by atoms with Crippen molar-refractivity contribution < 1.29 is 9.53 Å². The van der Waals surface area contributed by atoms with Crippen molar-refractivity contribution in [1.29, 1.82) is 0 Å². The van der Waals surface area contributed by atoms with Crippen LogP contribution in [0, 0.1) is 6.92 Å². The van der Waals surface area contributed by atoms with Crippen molar-refractivity contribution in [1.82, 2.24) is 14.5 Å². The van der Waals surface area contributed by atoms with E-state index in [4.69, 9.17) is 9.72 Å². The van der Waals surface area contributed by atoms with Gasteiger partial charge in [0.2, 0.25) is 0 Å². The molecule has 2 heterocycles. The highest BCUT2D eigenvalue weighted by Gasteiger charge is 2.19. The van der Waals surface area contributed by atoms with Crippen LogP contribution in [-0.2, 0) is 24.0 Å². The number of carbonyl (C=O) groups excluding carboxylic acids is 1. The van der Waals surface area contributed by atoms with Gasteiger partial charge in [0.25, 0.3) is 11.5 Å². The Balaban J connectivity index is 1.48. The standard InChI is InChI=1S/C25H27N3O3S/c1-18-22(16-19-7-4-3-5-8-19)24(30)27(2)25(26-18)32-17-20-9-6-10-21(15-20)23(29)28-11-13-31-14-12-28/h3-10,15H,11-14,16-17H2,1-2H3. The molecule has 1 amide bonds. The topological polar surface area (TPSA) is 64.4 Å². The number of benzene rings is 2. The Kier molecular flexibility index (Phi) is 7.07. The van der Waals surface area contributed by atoms with E-state index in [0.717, 1.165) is 22.4 Å². The predicted octanol–water partition coefficient (Wildman–Crippen LogP) is 3.44. The summed E-state index contributed by atoms with van der Waals surface area (Å²) in [7, 11) is 1.77. The molecule has 0 radical (unpaired) electrons. The molecule has 4 rings (SSSR count). The lowest BCUT2D eigenvalue weighted by Gasteiger charge is -2.27. The molecule has 0 saturated carbocycles. The van der Waals surface area contributed by atoms with Crippen LogP contribution in [0.25, 0.3) is 0 Å². The van der Waals surface area contributed by atoms with E-state index >= 15 is 0 Å². The van der Waals surface area contributed by atoms with Crippen LogP contribution in [-0.4, -0.2) is 46.7 Å². The zero-order valence-electron chi connectivity index (χ0n) is 18.4. The summed E-state index contributed by atoms with van der Waals surface area (Å²) in [5.41, 5.74) is 4.27. The molecule has 0 spiro atoms. The fourth-order valence-electron chi connectivity index (χ4n) is 3.75. The maximum Gasteiger partial charge on any atom is 0.257 e. The lowest BCUT2D eigenvalue weighted by atomic mass is 10.1. The average molecular weight is 450 g/mol. The molecule has 166 valence electrons. The zero-order chi connectivity index (χ0) is 22.5. The SMILES string of the molecule is Cc1nc(SCc2cccc(C(=O)N3CCOCC3)c2)n(C)c(=O)c1Cc1ccccc1. The quantitative estimate of drug-likeness (QED) is 0.426. The summed E-state index contributed by atoms with van der Waals surface area (Å²) in [5.74, 6) is 0.661. The van der Waals surface area contributed by atoms with Crippen LogP contribution in [0.5, 0.6) is 0 Å². The van der Waals surface area contributed by atoms with Crippen molar-refractivity contribution in [3.8, 4) is 0 Å². The number of aromatic nitrogens is 2. The first-order valence-electron chi connectivity index (χ1n) is 10.7.